The van der Waals surface area contributed by atoms with Crippen molar-refractivity contribution in [1.29, 1.82) is 0 Å². The molecular weight excluding hydrogens is 430 g/mol. The first-order valence-electron chi connectivity index (χ1n) is 9.81. The fourth-order valence-electron chi connectivity index (χ4n) is 3.55. The Morgan fingerprint density at radius 2 is 1.59 bits per heavy atom. The van der Waals surface area contributed by atoms with Gasteiger partial charge in [-0.1, -0.05) is 18.2 Å². The van der Waals surface area contributed by atoms with Gasteiger partial charge in [0.05, 0.1) is 36.9 Å². The molecule has 1 N–H and O–H groups in total. The third kappa shape index (κ3) is 4.70. The fraction of sp³-hybridized carbons (Fsp3) is 0.208. The number of hydrogen-bond acceptors (Lipinski definition) is 5. The largest absolute Gasteiger partial charge is 0.497 e. The highest BCUT2D eigenvalue weighted by atomic mass is 32.2. The average molecular weight is 456 g/mol. The number of nitrogens with zero attached hydrogens (tertiary/aromatic N) is 1. The van der Waals surface area contributed by atoms with Crippen LogP contribution in [-0.2, 0) is 16.6 Å². The van der Waals surface area contributed by atoms with Gasteiger partial charge in [0.25, 0.3) is 10.0 Å². The van der Waals surface area contributed by atoms with Crippen molar-refractivity contribution in [2.75, 3.05) is 18.5 Å². The summed E-state index contributed by atoms with van der Waals surface area (Å²) in [5, 5.41) is 9.86. The van der Waals surface area contributed by atoms with Gasteiger partial charge in [-0.15, -0.1) is 0 Å². The van der Waals surface area contributed by atoms with Crippen LogP contribution in [0.25, 0.3) is 0 Å². The Kier molecular flexibility index (Phi) is 6.74. The Balaban J connectivity index is 2.23. The molecule has 0 amide bonds. The summed E-state index contributed by atoms with van der Waals surface area (Å²) >= 11 is 0. The van der Waals surface area contributed by atoms with E-state index < -0.39 is 16.0 Å². The number of carboxylic acid groups (broad SMARTS) is 1. The maximum absolute atomic E-state index is 13.8. The smallest absolute Gasteiger partial charge is 0.337 e. The van der Waals surface area contributed by atoms with Crippen LogP contribution in [-0.4, -0.2) is 33.7 Å². The second kappa shape index (κ2) is 9.32. The van der Waals surface area contributed by atoms with E-state index >= 15 is 0 Å². The molecule has 0 unspecified atom stereocenters. The number of benzene rings is 3. The number of ether oxygens (including phenoxy) is 2. The van der Waals surface area contributed by atoms with Gasteiger partial charge in [-0.05, 0) is 73.0 Å². The van der Waals surface area contributed by atoms with Crippen LogP contribution in [0, 0.1) is 13.8 Å². The predicted octanol–water partition coefficient (Wildman–Crippen LogP) is 4.41. The summed E-state index contributed by atoms with van der Waals surface area (Å²) in [6.45, 7) is 3.40. The lowest BCUT2D eigenvalue weighted by Gasteiger charge is -2.28. The zero-order chi connectivity index (χ0) is 23.5. The molecule has 0 spiro atoms. The fourth-order valence-corrected chi connectivity index (χ4v) is 5.09. The van der Waals surface area contributed by atoms with Crippen molar-refractivity contribution >= 4 is 21.7 Å². The first-order valence-corrected chi connectivity index (χ1v) is 11.3. The lowest BCUT2D eigenvalue weighted by Crippen LogP contribution is -2.32. The number of sulfonamides is 1. The molecule has 0 saturated carbocycles. The van der Waals surface area contributed by atoms with Crippen molar-refractivity contribution in [3.63, 3.8) is 0 Å². The van der Waals surface area contributed by atoms with E-state index in [2.05, 4.69) is 0 Å². The Bertz CT molecular complexity index is 1240. The van der Waals surface area contributed by atoms with Crippen molar-refractivity contribution in [2.24, 2.45) is 0 Å². The number of anilines is 1. The number of hydrogen-bond donors (Lipinski definition) is 1. The van der Waals surface area contributed by atoms with Crippen LogP contribution in [0.1, 0.15) is 27.0 Å². The third-order valence-corrected chi connectivity index (χ3v) is 6.79. The molecular formula is C24H25NO6S. The van der Waals surface area contributed by atoms with Gasteiger partial charge in [0.1, 0.15) is 11.5 Å². The van der Waals surface area contributed by atoms with Gasteiger partial charge in [-0.3, -0.25) is 4.31 Å². The zero-order valence-electron chi connectivity index (χ0n) is 18.3. The summed E-state index contributed by atoms with van der Waals surface area (Å²) in [5.74, 6) is -0.114. The average Bonchev–Trinajstić information content (AvgIpc) is 2.77. The molecule has 168 valence electrons. The Labute approximate surface area is 187 Å². The number of rotatable bonds is 8. The summed E-state index contributed by atoms with van der Waals surface area (Å²) in [5.41, 5.74) is 1.97. The minimum absolute atomic E-state index is 0.0255. The summed E-state index contributed by atoms with van der Waals surface area (Å²) in [6, 6.07) is 16.2. The van der Waals surface area contributed by atoms with Gasteiger partial charge in [0, 0.05) is 0 Å². The number of aromatic carboxylic acids is 1. The van der Waals surface area contributed by atoms with E-state index in [1.165, 1.54) is 32.4 Å². The Morgan fingerprint density at radius 3 is 2.19 bits per heavy atom. The standard InChI is InChI=1S/C24H25NO6S/c1-16-12-17(2)23(22(13-16)24(26)27)25(15-18-6-5-7-20(14-18)31-4)32(28,29)21-10-8-19(30-3)9-11-21/h5-14H,15H2,1-4H3,(H,26,27). The first-order chi connectivity index (χ1) is 15.2. The van der Waals surface area contributed by atoms with Gasteiger partial charge in [-0.25, -0.2) is 13.2 Å². The van der Waals surface area contributed by atoms with Gasteiger partial charge in [0.2, 0.25) is 0 Å². The number of carbonyl (C=O) groups is 1. The molecule has 3 rings (SSSR count). The van der Waals surface area contributed by atoms with E-state index in [1.54, 1.807) is 56.3 Å². The molecule has 0 aliphatic rings. The van der Waals surface area contributed by atoms with E-state index in [0.29, 0.717) is 22.6 Å². The maximum Gasteiger partial charge on any atom is 0.337 e. The Hall–Kier alpha value is -3.52. The van der Waals surface area contributed by atoms with E-state index in [4.69, 9.17) is 9.47 Å². The maximum atomic E-state index is 13.8. The van der Waals surface area contributed by atoms with E-state index in [1.807, 2.05) is 0 Å². The lowest BCUT2D eigenvalue weighted by atomic mass is 10.0. The van der Waals surface area contributed by atoms with Gasteiger partial charge < -0.3 is 14.6 Å². The third-order valence-electron chi connectivity index (χ3n) is 5.03. The van der Waals surface area contributed by atoms with Crippen molar-refractivity contribution < 1.29 is 27.8 Å². The molecule has 7 nitrogen and oxygen atoms in total. The quantitative estimate of drug-likeness (QED) is 0.541. The van der Waals surface area contributed by atoms with E-state index in [0.717, 1.165) is 9.87 Å². The van der Waals surface area contributed by atoms with Crippen LogP contribution in [0.2, 0.25) is 0 Å². The van der Waals surface area contributed by atoms with Crippen molar-refractivity contribution in [2.45, 2.75) is 25.3 Å². The molecule has 0 aliphatic carbocycles. The molecule has 3 aromatic carbocycles. The van der Waals surface area contributed by atoms with Crippen molar-refractivity contribution in [3.05, 3.63) is 82.9 Å². The predicted molar refractivity (Wildman–Crippen MR) is 122 cm³/mol. The topological polar surface area (TPSA) is 93.1 Å². The SMILES string of the molecule is COc1ccc(S(=O)(=O)N(Cc2cccc(OC)c2)c2c(C)cc(C)cc2C(=O)O)cc1. The van der Waals surface area contributed by atoms with Crippen LogP contribution < -0.4 is 13.8 Å². The van der Waals surface area contributed by atoms with Gasteiger partial charge >= 0.3 is 5.97 Å². The highest BCUT2D eigenvalue weighted by Crippen LogP contribution is 2.34. The van der Waals surface area contributed by atoms with Crippen LogP contribution >= 0.6 is 0 Å². The minimum atomic E-state index is -4.11. The summed E-state index contributed by atoms with van der Waals surface area (Å²) in [7, 11) is -1.10. The van der Waals surface area contributed by atoms with Gasteiger partial charge in [-0.2, -0.15) is 0 Å². The number of methoxy groups -OCH3 is 2. The highest BCUT2D eigenvalue weighted by molar-refractivity contribution is 7.92. The molecule has 0 heterocycles. The molecule has 0 fully saturated rings. The van der Waals surface area contributed by atoms with Crippen LogP contribution in [0.4, 0.5) is 5.69 Å². The molecule has 3 aromatic rings. The molecule has 0 aliphatic heterocycles. The van der Waals surface area contributed by atoms with Crippen molar-refractivity contribution in [3.8, 4) is 11.5 Å². The lowest BCUT2D eigenvalue weighted by molar-refractivity contribution is 0.0697. The van der Waals surface area contributed by atoms with Crippen molar-refractivity contribution in [1.82, 2.24) is 0 Å². The van der Waals surface area contributed by atoms with Crippen LogP contribution in [0.15, 0.2) is 65.6 Å². The number of carboxylic acids is 1. The van der Waals surface area contributed by atoms with E-state index in [-0.39, 0.29) is 22.7 Å². The summed E-state index contributed by atoms with van der Waals surface area (Å²) < 4.78 is 39.1. The molecule has 0 saturated heterocycles. The molecule has 0 aromatic heterocycles. The first kappa shape index (κ1) is 23.1. The number of aryl methyl sites for hydroxylation is 2. The molecule has 0 atom stereocenters. The minimum Gasteiger partial charge on any atom is -0.497 e. The monoisotopic (exact) mass is 455 g/mol. The van der Waals surface area contributed by atoms with Crippen LogP contribution in [0.3, 0.4) is 0 Å². The summed E-state index contributed by atoms with van der Waals surface area (Å²) in [6.07, 6.45) is 0. The van der Waals surface area contributed by atoms with E-state index in [9.17, 15) is 18.3 Å². The Morgan fingerprint density at radius 1 is 0.938 bits per heavy atom. The molecule has 0 radical (unpaired) electrons. The second-order valence-electron chi connectivity index (χ2n) is 7.32. The highest BCUT2D eigenvalue weighted by Gasteiger charge is 2.30. The second-order valence-corrected chi connectivity index (χ2v) is 9.18. The summed E-state index contributed by atoms with van der Waals surface area (Å²) in [4.78, 5) is 12.1. The molecule has 0 bridgehead atoms. The normalized spacial score (nSPS) is 11.1. The van der Waals surface area contributed by atoms with Crippen LogP contribution in [0.5, 0.6) is 11.5 Å². The molecule has 32 heavy (non-hydrogen) atoms. The molecule has 8 heteroatoms. The zero-order valence-corrected chi connectivity index (χ0v) is 19.1. The van der Waals surface area contributed by atoms with Gasteiger partial charge in [0.15, 0.2) is 0 Å².